The summed E-state index contributed by atoms with van der Waals surface area (Å²) in [5, 5.41) is 23.4. The minimum Gasteiger partial charge on any atom is -0.387 e. The Hall–Kier alpha value is -1.48. The fourth-order valence-electron chi connectivity index (χ4n) is 6.55. The van der Waals surface area contributed by atoms with Gasteiger partial charge in [0.25, 0.3) is 10.1 Å². The molecule has 0 fully saturated rings. The van der Waals surface area contributed by atoms with Gasteiger partial charge in [0, 0.05) is 0 Å². The monoisotopic (exact) mass is 754 g/mol. The van der Waals surface area contributed by atoms with Crippen molar-refractivity contribution in [2.45, 2.75) is 231 Å². The van der Waals surface area contributed by atoms with Gasteiger partial charge in [-0.1, -0.05) is 204 Å². The molecule has 3 unspecified atom stereocenters. The van der Waals surface area contributed by atoms with Gasteiger partial charge in [-0.25, -0.2) is 0 Å². The number of hydrogen-bond donors (Lipinski definition) is 4. The molecule has 0 aliphatic rings. The molecule has 52 heavy (non-hydrogen) atoms. The highest BCUT2D eigenvalue weighted by Gasteiger charge is 2.27. The summed E-state index contributed by atoms with van der Waals surface area (Å²) in [4.78, 5) is 12.6. The van der Waals surface area contributed by atoms with E-state index >= 15 is 0 Å². The van der Waals surface area contributed by atoms with Crippen molar-refractivity contribution in [2.75, 3.05) is 5.75 Å². The van der Waals surface area contributed by atoms with E-state index in [2.05, 4.69) is 43.5 Å². The number of carbonyl (C=O) groups excluding carboxylic acids is 1. The van der Waals surface area contributed by atoms with Crippen LogP contribution in [0.4, 0.5) is 0 Å². The third-order valence-electron chi connectivity index (χ3n) is 9.90. The largest absolute Gasteiger partial charge is 0.387 e. The molecule has 0 aromatic carbocycles. The van der Waals surface area contributed by atoms with E-state index in [0.29, 0.717) is 12.8 Å². The Labute approximate surface area is 321 Å². The molecule has 3 atom stereocenters. The van der Waals surface area contributed by atoms with Crippen molar-refractivity contribution in [3.63, 3.8) is 0 Å². The quantitative estimate of drug-likeness (QED) is 0.0281. The predicted molar refractivity (Wildman–Crippen MR) is 222 cm³/mol. The Balaban J connectivity index is 4.07. The Morgan fingerprint density at radius 1 is 0.519 bits per heavy atom. The van der Waals surface area contributed by atoms with Crippen LogP contribution in [-0.2, 0) is 14.9 Å². The van der Waals surface area contributed by atoms with E-state index in [1.54, 1.807) is 6.08 Å². The van der Waals surface area contributed by atoms with Gasteiger partial charge in [-0.15, -0.1) is 0 Å². The summed E-state index contributed by atoms with van der Waals surface area (Å²) in [6.45, 7) is 4.52. The minimum absolute atomic E-state index is 0.274. The van der Waals surface area contributed by atoms with Gasteiger partial charge in [-0.3, -0.25) is 9.35 Å². The summed E-state index contributed by atoms with van der Waals surface area (Å²) in [6.07, 6.45) is 46.3. The number of rotatable bonds is 39. The predicted octanol–water partition coefficient (Wildman–Crippen LogP) is 11.9. The van der Waals surface area contributed by atoms with Gasteiger partial charge in [0.15, 0.2) is 0 Å². The first-order valence-corrected chi connectivity index (χ1v) is 23.4. The standard InChI is InChI=1S/C44H83NO6S/c1-3-5-7-9-11-13-15-17-19-21-22-23-25-26-28-30-32-34-36-38-42(46)41(40-52(49,50)51)45-44(48)43(47)39-37-35-33-31-29-27-24-20-18-16-14-12-10-8-6-4-2/h22-23,28,30,36,38,41-43,46-47H,3-21,24-27,29,31-35,37,39-40H2,1-2H3,(H,45,48)(H,49,50,51)/b23-22+,30-28+,38-36+. The van der Waals surface area contributed by atoms with Crippen molar-refractivity contribution in [1.82, 2.24) is 5.32 Å². The first-order valence-electron chi connectivity index (χ1n) is 21.8. The highest BCUT2D eigenvalue weighted by molar-refractivity contribution is 7.85. The van der Waals surface area contributed by atoms with Crippen molar-refractivity contribution >= 4 is 16.0 Å². The molecule has 1 amide bonds. The Bertz CT molecular complexity index is 979. The molecule has 0 aromatic heterocycles. The van der Waals surface area contributed by atoms with E-state index < -0.39 is 40.0 Å². The number of allylic oxidation sites excluding steroid dienone is 5. The van der Waals surface area contributed by atoms with Crippen molar-refractivity contribution in [2.24, 2.45) is 0 Å². The molecule has 0 spiro atoms. The molecule has 8 heteroatoms. The van der Waals surface area contributed by atoms with Gasteiger partial charge in [-0.05, 0) is 44.9 Å². The summed E-state index contributed by atoms with van der Waals surface area (Å²) in [7, 11) is -4.45. The first-order chi connectivity index (χ1) is 25.2. The van der Waals surface area contributed by atoms with Gasteiger partial charge in [0.1, 0.15) is 6.10 Å². The fraction of sp³-hybridized carbons (Fsp3) is 0.841. The molecule has 0 rings (SSSR count). The van der Waals surface area contributed by atoms with Crippen molar-refractivity contribution < 1.29 is 28.0 Å². The van der Waals surface area contributed by atoms with E-state index in [9.17, 15) is 28.0 Å². The molecule has 0 aliphatic heterocycles. The molecule has 0 bridgehead atoms. The smallest absolute Gasteiger partial charge is 0.267 e. The van der Waals surface area contributed by atoms with E-state index in [0.717, 1.165) is 44.9 Å². The normalized spacial score (nSPS) is 14.2. The Morgan fingerprint density at radius 2 is 0.865 bits per heavy atom. The third-order valence-corrected chi connectivity index (χ3v) is 10.7. The minimum atomic E-state index is -4.45. The highest BCUT2D eigenvalue weighted by atomic mass is 32.2. The summed E-state index contributed by atoms with van der Waals surface area (Å²) >= 11 is 0. The van der Waals surface area contributed by atoms with Crippen LogP contribution in [0.5, 0.6) is 0 Å². The van der Waals surface area contributed by atoms with Crippen LogP contribution in [0.15, 0.2) is 36.5 Å². The maximum Gasteiger partial charge on any atom is 0.267 e. The van der Waals surface area contributed by atoms with Crippen LogP contribution in [0.25, 0.3) is 0 Å². The van der Waals surface area contributed by atoms with Crippen LogP contribution in [0.3, 0.4) is 0 Å². The van der Waals surface area contributed by atoms with Gasteiger partial charge in [0.2, 0.25) is 5.91 Å². The van der Waals surface area contributed by atoms with Gasteiger partial charge >= 0.3 is 0 Å². The lowest BCUT2D eigenvalue weighted by atomic mass is 10.0. The zero-order chi connectivity index (χ0) is 38.4. The average Bonchev–Trinajstić information content (AvgIpc) is 3.11. The summed E-state index contributed by atoms with van der Waals surface area (Å²) < 4.78 is 32.5. The van der Waals surface area contributed by atoms with E-state index in [1.807, 2.05) is 0 Å². The molecule has 0 aliphatic carbocycles. The number of aliphatic hydroxyl groups is 2. The molecule has 0 aromatic rings. The highest BCUT2D eigenvalue weighted by Crippen LogP contribution is 2.15. The van der Waals surface area contributed by atoms with Crippen molar-refractivity contribution in [3.8, 4) is 0 Å². The topological polar surface area (TPSA) is 124 Å². The summed E-state index contributed by atoms with van der Waals surface area (Å²) in [5.41, 5.74) is 0. The number of aliphatic hydroxyl groups excluding tert-OH is 2. The number of hydrogen-bond acceptors (Lipinski definition) is 5. The second-order valence-electron chi connectivity index (χ2n) is 15.1. The van der Waals surface area contributed by atoms with Crippen LogP contribution in [0.2, 0.25) is 0 Å². The summed E-state index contributed by atoms with van der Waals surface area (Å²) in [5.74, 6) is -1.56. The zero-order valence-electron chi connectivity index (χ0n) is 33.8. The molecule has 0 radical (unpaired) electrons. The van der Waals surface area contributed by atoms with E-state index in [4.69, 9.17) is 0 Å². The lowest BCUT2D eigenvalue weighted by molar-refractivity contribution is -0.130. The van der Waals surface area contributed by atoms with E-state index in [1.165, 1.54) is 141 Å². The fourth-order valence-corrected chi connectivity index (χ4v) is 7.28. The van der Waals surface area contributed by atoms with E-state index in [-0.39, 0.29) is 6.42 Å². The maximum atomic E-state index is 12.6. The number of unbranched alkanes of at least 4 members (excludes halogenated alkanes) is 26. The number of nitrogens with one attached hydrogen (secondary N) is 1. The van der Waals surface area contributed by atoms with Gasteiger partial charge < -0.3 is 15.5 Å². The lowest BCUT2D eigenvalue weighted by Crippen LogP contribution is -2.50. The summed E-state index contributed by atoms with van der Waals surface area (Å²) in [6, 6.07) is -1.25. The SMILES string of the molecule is CCCCCCCCCCC/C=C/CC/C=C/CC/C=C/C(O)C(CS(=O)(=O)O)NC(=O)C(O)CCCCCCCCCCCCCCCCCC. The van der Waals surface area contributed by atoms with Crippen LogP contribution in [0.1, 0.15) is 213 Å². The molecule has 0 saturated heterocycles. The average molecular weight is 754 g/mol. The zero-order valence-corrected chi connectivity index (χ0v) is 34.6. The molecule has 0 saturated carbocycles. The van der Waals surface area contributed by atoms with Crippen LogP contribution < -0.4 is 5.32 Å². The molecule has 306 valence electrons. The molecular weight excluding hydrogens is 671 g/mol. The Morgan fingerprint density at radius 3 is 1.27 bits per heavy atom. The maximum absolute atomic E-state index is 12.6. The third kappa shape index (κ3) is 36.9. The lowest BCUT2D eigenvalue weighted by Gasteiger charge is -2.22. The Kier molecular flexibility index (Phi) is 36.7. The molecular formula is C44H83NO6S. The van der Waals surface area contributed by atoms with Crippen LogP contribution in [0, 0.1) is 0 Å². The molecule has 4 N–H and O–H groups in total. The second-order valence-corrected chi connectivity index (χ2v) is 16.6. The van der Waals surface area contributed by atoms with Crippen molar-refractivity contribution in [3.05, 3.63) is 36.5 Å². The second kappa shape index (κ2) is 37.8. The van der Waals surface area contributed by atoms with Gasteiger partial charge in [0.05, 0.1) is 17.9 Å². The molecule has 7 nitrogen and oxygen atoms in total. The van der Waals surface area contributed by atoms with Crippen molar-refractivity contribution in [1.29, 1.82) is 0 Å². The van der Waals surface area contributed by atoms with Crippen LogP contribution >= 0.6 is 0 Å². The number of amides is 1. The van der Waals surface area contributed by atoms with Crippen LogP contribution in [-0.4, -0.2) is 53.1 Å². The first kappa shape index (κ1) is 50.5. The number of carbonyl (C=O) groups is 1. The van der Waals surface area contributed by atoms with Gasteiger partial charge in [-0.2, -0.15) is 8.42 Å². The molecule has 0 heterocycles.